The summed E-state index contributed by atoms with van der Waals surface area (Å²) in [5, 5.41) is 21.1. The molecule has 8 nitrogen and oxygen atoms in total. The number of aromatic amines is 1. The molecule has 1 saturated heterocycles. The van der Waals surface area contributed by atoms with Gasteiger partial charge in [-0.3, -0.25) is 9.89 Å². The molecule has 0 atom stereocenters. The van der Waals surface area contributed by atoms with Gasteiger partial charge >= 0.3 is 0 Å². The maximum atomic E-state index is 13.1. The first-order chi connectivity index (χ1) is 15.0. The van der Waals surface area contributed by atoms with Gasteiger partial charge in [-0.15, -0.1) is 0 Å². The number of carbonyl (C=O) groups excluding carboxylic acids is 1. The van der Waals surface area contributed by atoms with Gasteiger partial charge in [-0.25, -0.2) is 9.97 Å². The van der Waals surface area contributed by atoms with Gasteiger partial charge in [0.2, 0.25) is 5.82 Å². The highest BCUT2D eigenvalue weighted by Gasteiger charge is 2.36. The van der Waals surface area contributed by atoms with Crippen molar-refractivity contribution in [2.75, 3.05) is 25.0 Å². The summed E-state index contributed by atoms with van der Waals surface area (Å²) >= 11 is 0. The Morgan fingerprint density at radius 3 is 2.61 bits per heavy atom. The SMILES string of the molecule is Cc1nc(C(=O)N2CCC(O)(c3ccccc3)CC2)nc(NCCc2cn[nH]c2)c1C. The number of H-pyrrole nitrogens is 1. The number of anilines is 1. The third kappa shape index (κ3) is 4.59. The van der Waals surface area contributed by atoms with Crippen molar-refractivity contribution in [2.24, 2.45) is 0 Å². The third-order valence-electron chi connectivity index (χ3n) is 6.03. The van der Waals surface area contributed by atoms with Crippen molar-refractivity contribution in [1.29, 1.82) is 0 Å². The molecule has 0 radical (unpaired) electrons. The topological polar surface area (TPSA) is 107 Å². The van der Waals surface area contributed by atoms with Crippen LogP contribution in [0, 0.1) is 13.8 Å². The van der Waals surface area contributed by atoms with Crippen LogP contribution in [0.3, 0.4) is 0 Å². The van der Waals surface area contributed by atoms with E-state index in [9.17, 15) is 9.90 Å². The zero-order valence-corrected chi connectivity index (χ0v) is 17.9. The molecule has 3 heterocycles. The maximum Gasteiger partial charge on any atom is 0.291 e. The minimum atomic E-state index is -0.901. The Morgan fingerprint density at radius 2 is 1.94 bits per heavy atom. The van der Waals surface area contributed by atoms with Gasteiger partial charge in [0.25, 0.3) is 5.91 Å². The Kier molecular flexibility index (Phi) is 5.99. The third-order valence-corrected chi connectivity index (χ3v) is 6.03. The normalized spacial score (nSPS) is 15.6. The predicted molar refractivity (Wildman–Crippen MR) is 118 cm³/mol. The highest BCUT2D eigenvalue weighted by molar-refractivity contribution is 5.91. The molecule has 0 spiro atoms. The van der Waals surface area contributed by atoms with Crippen molar-refractivity contribution in [1.82, 2.24) is 25.1 Å². The van der Waals surface area contributed by atoms with Crippen LogP contribution in [0.1, 0.15) is 45.8 Å². The largest absolute Gasteiger partial charge is 0.385 e. The lowest BCUT2D eigenvalue weighted by atomic mass is 9.84. The van der Waals surface area contributed by atoms with E-state index in [1.165, 1.54) is 0 Å². The molecule has 0 unspecified atom stereocenters. The molecule has 1 aliphatic rings. The van der Waals surface area contributed by atoms with Crippen LogP contribution in [-0.2, 0) is 12.0 Å². The summed E-state index contributed by atoms with van der Waals surface area (Å²) in [5.41, 5.74) is 2.81. The van der Waals surface area contributed by atoms with Crippen molar-refractivity contribution < 1.29 is 9.90 Å². The van der Waals surface area contributed by atoms with Gasteiger partial charge in [-0.2, -0.15) is 5.10 Å². The van der Waals surface area contributed by atoms with E-state index in [0.717, 1.165) is 28.8 Å². The zero-order chi connectivity index (χ0) is 21.8. The first-order valence-corrected chi connectivity index (χ1v) is 10.6. The van der Waals surface area contributed by atoms with Crippen LogP contribution in [-0.4, -0.2) is 55.7 Å². The average molecular weight is 421 g/mol. The summed E-state index contributed by atoms with van der Waals surface area (Å²) in [4.78, 5) is 23.8. The van der Waals surface area contributed by atoms with Crippen molar-refractivity contribution in [3.63, 3.8) is 0 Å². The number of likely N-dealkylation sites (tertiary alicyclic amines) is 1. The average Bonchev–Trinajstić information content (AvgIpc) is 3.31. The maximum absolute atomic E-state index is 13.1. The molecule has 31 heavy (non-hydrogen) atoms. The second kappa shape index (κ2) is 8.85. The number of aromatic nitrogens is 4. The van der Waals surface area contributed by atoms with Crippen molar-refractivity contribution in [3.8, 4) is 0 Å². The van der Waals surface area contributed by atoms with Crippen LogP contribution in [0.5, 0.6) is 0 Å². The molecule has 1 amide bonds. The Balaban J connectivity index is 1.43. The molecule has 3 aromatic rings. The smallest absolute Gasteiger partial charge is 0.291 e. The summed E-state index contributed by atoms with van der Waals surface area (Å²) in [6, 6.07) is 9.66. The quantitative estimate of drug-likeness (QED) is 0.566. The molecule has 0 aliphatic carbocycles. The number of rotatable bonds is 6. The fourth-order valence-corrected chi connectivity index (χ4v) is 3.89. The van der Waals surface area contributed by atoms with E-state index in [2.05, 4.69) is 25.5 Å². The number of piperidine rings is 1. The Bertz CT molecular complexity index is 1030. The molecular formula is C23H28N6O2. The number of amides is 1. The van der Waals surface area contributed by atoms with Gasteiger partial charge in [-0.05, 0) is 44.2 Å². The standard InChI is InChI=1S/C23H28N6O2/c1-16-17(2)27-21(28-20(16)24-11-8-18-14-25-26-15-18)22(30)29-12-9-23(31,10-13-29)19-6-4-3-5-7-19/h3-7,14-15,31H,8-13H2,1-2H3,(H,25,26)(H,24,27,28). The number of aliphatic hydroxyl groups is 1. The molecule has 0 saturated carbocycles. The lowest BCUT2D eigenvalue weighted by Gasteiger charge is -2.38. The van der Waals surface area contributed by atoms with Gasteiger partial charge in [0.15, 0.2) is 0 Å². The summed E-state index contributed by atoms with van der Waals surface area (Å²) < 4.78 is 0. The van der Waals surface area contributed by atoms with Crippen molar-refractivity contribution in [2.45, 2.75) is 38.7 Å². The van der Waals surface area contributed by atoms with Crippen LogP contribution in [0.15, 0.2) is 42.7 Å². The molecule has 2 aromatic heterocycles. The Hall–Kier alpha value is -3.26. The Labute approximate surface area is 181 Å². The predicted octanol–water partition coefficient (Wildman–Crippen LogP) is 2.59. The fraction of sp³-hybridized carbons (Fsp3) is 0.391. The molecular weight excluding hydrogens is 392 g/mol. The minimum Gasteiger partial charge on any atom is -0.385 e. The number of hydrogen-bond donors (Lipinski definition) is 3. The number of nitrogens with one attached hydrogen (secondary N) is 2. The van der Waals surface area contributed by atoms with E-state index < -0.39 is 5.60 Å². The van der Waals surface area contributed by atoms with E-state index in [-0.39, 0.29) is 11.7 Å². The fourth-order valence-electron chi connectivity index (χ4n) is 3.89. The van der Waals surface area contributed by atoms with E-state index in [4.69, 9.17) is 0 Å². The molecule has 0 bridgehead atoms. The van der Waals surface area contributed by atoms with E-state index in [1.807, 2.05) is 50.4 Å². The number of carbonyl (C=O) groups is 1. The van der Waals surface area contributed by atoms with Crippen LogP contribution >= 0.6 is 0 Å². The molecule has 1 fully saturated rings. The van der Waals surface area contributed by atoms with Crippen LogP contribution in [0.25, 0.3) is 0 Å². The summed E-state index contributed by atoms with van der Waals surface area (Å²) in [5.74, 6) is 0.673. The minimum absolute atomic E-state index is 0.194. The summed E-state index contributed by atoms with van der Waals surface area (Å²) in [6.07, 6.45) is 5.43. The summed E-state index contributed by atoms with van der Waals surface area (Å²) in [7, 11) is 0. The Morgan fingerprint density at radius 1 is 1.19 bits per heavy atom. The molecule has 1 aromatic carbocycles. The van der Waals surface area contributed by atoms with Crippen LogP contribution in [0.2, 0.25) is 0 Å². The number of benzene rings is 1. The lowest BCUT2D eigenvalue weighted by Crippen LogP contribution is -2.45. The number of nitrogens with zero attached hydrogens (tertiary/aromatic N) is 4. The van der Waals surface area contributed by atoms with Crippen molar-refractivity contribution in [3.05, 3.63) is 70.9 Å². The zero-order valence-electron chi connectivity index (χ0n) is 17.9. The molecule has 4 rings (SSSR count). The summed E-state index contributed by atoms with van der Waals surface area (Å²) in [6.45, 7) is 5.44. The number of hydrogen-bond acceptors (Lipinski definition) is 6. The van der Waals surface area contributed by atoms with E-state index >= 15 is 0 Å². The highest BCUT2D eigenvalue weighted by atomic mass is 16.3. The molecule has 8 heteroatoms. The molecule has 162 valence electrons. The van der Waals surface area contributed by atoms with Gasteiger partial charge in [0, 0.05) is 37.1 Å². The molecule has 3 N–H and O–H groups in total. The van der Waals surface area contributed by atoms with Gasteiger partial charge in [-0.1, -0.05) is 30.3 Å². The van der Waals surface area contributed by atoms with Gasteiger partial charge < -0.3 is 15.3 Å². The number of aryl methyl sites for hydroxylation is 1. The highest BCUT2D eigenvalue weighted by Crippen LogP contribution is 2.33. The second-order valence-corrected chi connectivity index (χ2v) is 8.08. The van der Waals surface area contributed by atoms with Gasteiger partial charge in [0.05, 0.1) is 11.8 Å². The van der Waals surface area contributed by atoms with Crippen LogP contribution in [0.4, 0.5) is 5.82 Å². The second-order valence-electron chi connectivity index (χ2n) is 8.08. The van der Waals surface area contributed by atoms with Crippen molar-refractivity contribution >= 4 is 11.7 Å². The monoisotopic (exact) mass is 420 g/mol. The first-order valence-electron chi connectivity index (χ1n) is 10.6. The van der Waals surface area contributed by atoms with E-state index in [0.29, 0.717) is 38.3 Å². The lowest BCUT2D eigenvalue weighted by molar-refractivity contribution is -0.0214. The van der Waals surface area contributed by atoms with E-state index in [1.54, 1.807) is 11.1 Å². The first kappa shape index (κ1) is 21.0. The van der Waals surface area contributed by atoms with Gasteiger partial charge in [0.1, 0.15) is 5.82 Å². The molecule has 1 aliphatic heterocycles. The van der Waals surface area contributed by atoms with Crippen LogP contribution < -0.4 is 5.32 Å².